The van der Waals surface area contributed by atoms with Crippen LogP contribution in [-0.2, 0) is 34.6 Å². The second-order valence-corrected chi connectivity index (χ2v) is 15.8. The topological polar surface area (TPSA) is 138 Å². The molecule has 12 heteroatoms. The number of nitrogens with one attached hydrogen (secondary N) is 1. The van der Waals surface area contributed by atoms with Gasteiger partial charge in [0.2, 0.25) is 0 Å². The van der Waals surface area contributed by atoms with E-state index in [0.717, 1.165) is 31.9 Å². The molecule has 2 saturated heterocycles. The third kappa shape index (κ3) is 4.64. The highest BCUT2D eigenvalue weighted by Gasteiger charge is 2.62. The number of sulfone groups is 1. The summed E-state index contributed by atoms with van der Waals surface area (Å²) in [5.41, 5.74) is 2.74. The second kappa shape index (κ2) is 9.64. The van der Waals surface area contributed by atoms with Gasteiger partial charge < -0.3 is 19.9 Å². The molecule has 6 rings (SSSR count). The van der Waals surface area contributed by atoms with Crippen molar-refractivity contribution in [3.8, 4) is 6.07 Å². The molecule has 0 radical (unpaired) electrons. The summed E-state index contributed by atoms with van der Waals surface area (Å²) in [4.78, 5) is 30.5. The van der Waals surface area contributed by atoms with E-state index >= 15 is 0 Å². The number of ether oxygens (including phenoxy) is 1. The number of fused-ring (bicyclic) bond motifs is 1. The van der Waals surface area contributed by atoms with Gasteiger partial charge in [-0.15, -0.1) is 0 Å². The first-order chi connectivity index (χ1) is 19.4. The lowest BCUT2D eigenvalue weighted by atomic mass is 9.77. The van der Waals surface area contributed by atoms with Crippen molar-refractivity contribution in [2.75, 3.05) is 45.9 Å². The van der Waals surface area contributed by atoms with Gasteiger partial charge in [-0.25, -0.2) is 8.42 Å². The highest BCUT2D eigenvalue weighted by Crippen LogP contribution is 2.50. The molecular formula is C29H36N6O5S. The lowest BCUT2D eigenvalue weighted by Gasteiger charge is -2.56. The molecule has 1 aromatic carbocycles. The van der Waals surface area contributed by atoms with E-state index in [2.05, 4.69) is 21.4 Å². The molecule has 0 atom stereocenters. The summed E-state index contributed by atoms with van der Waals surface area (Å²) < 4.78 is 32.9. The lowest BCUT2D eigenvalue weighted by molar-refractivity contribution is -0.189. The van der Waals surface area contributed by atoms with Crippen LogP contribution in [0.15, 0.2) is 24.3 Å². The molecule has 41 heavy (non-hydrogen) atoms. The van der Waals surface area contributed by atoms with Crippen molar-refractivity contribution in [3.05, 3.63) is 52.3 Å². The molecule has 1 aromatic heterocycles. The maximum absolute atomic E-state index is 14.0. The Balaban J connectivity index is 1.12. The standard InChI is InChI=1S/C29H36N6O5S/c1-27(2,14-34-15-28(16-34)18-40-19-28)41(38,39)29(9-10-29)17-35-11-8-22-23(32-33(3)24(22)26(35)37)25(36)31-13-21-6-4-20(12-30)5-7-21/h4-7H,8-11,13-19H2,1-3H3,(H,31,36). The molecule has 1 aliphatic carbocycles. The Morgan fingerprint density at radius 2 is 1.88 bits per heavy atom. The molecule has 3 aliphatic heterocycles. The average Bonchev–Trinajstić information content (AvgIpc) is 3.61. The molecule has 0 bridgehead atoms. The lowest BCUT2D eigenvalue weighted by Crippen LogP contribution is -2.68. The molecule has 1 saturated carbocycles. The van der Waals surface area contributed by atoms with Crippen molar-refractivity contribution in [1.29, 1.82) is 5.26 Å². The van der Waals surface area contributed by atoms with Crippen molar-refractivity contribution >= 4 is 21.7 Å². The third-order valence-corrected chi connectivity index (χ3v) is 12.4. The number of carbonyl (C=O) groups excluding carboxylic acids is 2. The van der Waals surface area contributed by atoms with Gasteiger partial charge in [0, 0.05) is 57.3 Å². The van der Waals surface area contributed by atoms with Crippen LogP contribution in [0.5, 0.6) is 0 Å². The monoisotopic (exact) mass is 580 g/mol. The summed E-state index contributed by atoms with van der Waals surface area (Å²) in [6.45, 7) is 8.10. The molecule has 4 heterocycles. The Bertz CT molecular complexity index is 1540. The van der Waals surface area contributed by atoms with E-state index < -0.39 is 19.3 Å². The summed E-state index contributed by atoms with van der Waals surface area (Å²) in [5, 5.41) is 16.2. The molecule has 11 nitrogen and oxygen atoms in total. The van der Waals surface area contributed by atoms with Crippen LogP contribution >= 0.6 is 0 Å². The number of nitrogens with zero attached hydrogens (tertiary/aromatic N) is 5. The molecule has 4 aliphatic rings. The van der Waals surface area contributed by atoms with E-state index in [0.29, 0.717) is 49.2 Å². The SMILES string of the molecule is Cn1nc(C(=O)NCc2ccc(C#N)cc2)c2c1C(=O)N(CC1(S(=O)(=O)C(C)(C)CN3CC4(COC4)C3)CC1)CC2. The van der Waals surface area contributed by atoms with E-state index in [1.54, 1.807) is 36.2 Å². The second-order valence-electron chi connectivity index (χ2n) is 12.9. The Morgan fingerprint density at radius 3 is 2.46 bits per heavy atom. The van der Waals surface area contributed by atoms with E-state index in [9.17, 15) is 18.0 Å². The molecule has 1 spiro atoms. The van der Waals surface area contributed by atoms with Crippen LogP contribution in [0, 0.1) is 16.7 Å². The number of aryl methyl sites for hydroxylation is 1. The predicted octanol–water partition coefficient (Wildman–Crippen LogP) is 1.28. The van der Waals surface area contributed by atoms with Crippen molar-refractivity contribution < 1.29 is 22.7 Å². The van der Waals surface area contributed by atoms with Crippen LogP contribution < -0.4 is 5.32 Å². The quantitative estimate of drug-likeness (QED) is 0.468. The zero-order chi connectivity index (χ0) is 29.2. The van der Waals surface area contributed by atoms with Crippen molar-refractivity contribution in [1.82, 2.24) is 24.9 Å². The van der Waals surface area contributed by atoms with Crippen molar-refractivity contribution in [2.24, 2.45) is 12.5 Å². The average molecular weight is 581 g/mol. The number of hydrogen-bond acceptors (Lipinski definition) is 8. The zero-order valence-corrected chi connectivity index (χ0v) is 24.6. The van der Waals surface area contributed by atoms with Gasteiger partial charge in [0.05, 0.1) is 34.3 Å². The minimum Gasteiger partial charge on any atom is -0.380 e. The fraction of sp³-hybridized carbons (Fsp3) is 0.586. The van der Waals surface area contributed by atoms with E-state index in [1.807, 2.05) is 13.8 Å². The number of amides is 2. The van der Waals surface area contributed by atoms with Crippen molar-refractivity contribution in [2.45, 2.75) is 49.1 Å². The predicted molar refractivity (Wildman–Crippen MR) is 150 cm³/mol. The highest BCUT2D eigenvalue weighted by atomic mass is 32.2. The van der Waals surface area contributed by atoms with Gasteiger partial charge in [-0.3, -0.25) is 14.3 Å². The van der Waals surface area contributed by atoms with E-state index in [4.69, 9.17) is 10.00 Å². The van der Waals surface area contributed by atoms with Crippen LogP contribution in [0.2, 0.25) is 0 Å². The summed E-state index contributed by atoms with van der Waals surface area (Å²) in [5.74, 6) is -0.668. The highest BCUT2D eigenvalue weighted by molar-refractivity contribution is 7.94. The Labute approximate surface area is 240 Å². The first-order valence-corrected chi connectivity index (χ1v) is 15.5. The fourth-order valence-corrected chi connectivity index (χ4v) is 9.15. The molecule has 3 fully saturated rings. The van der Waals surface area contributed by atoms with Crippen LogP contribution in [0.1, 0.15) is 64.4 Å². The zero-order valence-electron chi connectivity index (χ0n) is 23.8. The number of likely N-dealkylation sites (tertiary alicyclic amines) is 1. The summed E-state index contributed by atoms with van der Waals surface area (Å²) in [6.07, 6.45) is 1.51. The normalized spacial score (nSPS) is 21.0. The third-order valence-electron chi connectivity index (χ3n) is 9.14. The minimum absolute atomic E-state index is 0.153. The number of carbonyl (C=O) groups is 2. The minimum atomic E-state index is -3.55. The van der Waals surface area contributed by atoms with Gasteiger partial charge in [0.15, 0.2) is 15.5 Å². The molecule has 2 aromatic rings. The van der Waals surface area contributed by atoms with Gasteiger partial charge in [-0.1, -0.05) is 12.1 Å². The van der Waals surface area contributed by atoms with Crippen LogP contribution in [0.3, 0.4) is 0 Å². The van der Waals surface area contributed by atoms with Crippen molar-refractivity contribution in [3.63, 3.8) is 0 Å². The summed E-state index contributed by atoms with van der Waals surface area (Å²) in [7, 11) is -1.92. The van der Waals surface area contributed by atoms with Gasteiger partial charge in [0.1, 0.15) is 5.69 Å². The van der Waals surface area contributed by atoms with Gasteiger partial charge >= 0.3 is 0 Å². The first-order valence-electron chi connectivity index (χ1n) is 14.1. The van der Waals surface area contributed by atoms with E-state index in [-0.39, 0.29) is 36.0 Å². The van der Waals surface area contributed by atoms with E-state index in [1.165, 1.54) is 4.68 Å². The molecule has 0 unspecified atom stereocenters. The maximum atomic E-state index is 14.0. The van der Waals surface area contributed by atoms with Gasteiger partial charge in [0.25, 0.3) is 11.8 Å². The summed E-state index contributed by atoms with van der Waals surface area (Å²) in [6, 6.07) is 9.00. The van der Waals surface area contributed by atoms with Crippen LogP contribution in [0.25, 0.3) is 0 Å². The van der Waals surface area contributed by atoms with Gasteiger partial charge in [-0.05, 0) is 50.8 Å². The molecule has 1 N–H and O–H groups in total. The smallest absolute Gasteiger partial charge is 0.272 e. The maximum Gasteiger partial charge on any atom is 0.272 e. The number of rotatable bonds is 9. The first kappa shape index (κ1) is 27.9. The van der Waals surface area contributed by atoms with Gasteiger partial charge in [-0.2, -0.15) is 10.4 Å². The molecule has 218 valence electrons. The number of nitriles is 1. The largest absolute Gasteiger partial charge is 0.380 e. The summed E-state index contributed by atoms with van der Waals surface area (Å²) >= 11 is 0. The Kier molecular flexibility index (Phi) is 6.56. The number of aromatic nitrogens is 2. The Morgan fingerprint density at radius 1 is 1.20 bits per heavy atom. The van der Waals surface area contributed by atoms with Crippen LogP contribution in [-0.4, -0.2) is 95.2 Å². The number of benzene rings is 1. The molecule has 2 amide bonds. The molecular weight excluding hydrogens is 544 g/mol. The number of hydrogen-bond donors (Lipinski definition) is 1. The van der Waals surface area contributed by atoms with Crippen LogP contribution in [0.4, 0.5) is 0 Å². The Hall–Kier alpha value is -3.27. The fourth-order valence-electron chi connectivity index (χ4n) is 6.66.